The number of hydrogen-bond acceptors (Lipinski definition) is 6. The molecule has 2 aromatic rings. The average molecular weight is 468 g/mol. The van der Waals surface area contributed by atoms with Gasteiger partial charge in [-0.3, -0.25) is 14.6 Å². The van der Waals surface area contributed by atoms with Gasteiger partial charge in [-0.15, -0.1) is 0 Å². The Hall–Kier alpha value is -3.26. The van der Waals surface area contributed by atoms with Crippen molar-refractivity contribution in [3.05, 3.63) is 53.6 Å². The van der Waals surface area contributed by atoms with Gasteiger partial charge < -0.3 is 19.9 Å². The smallest absolute Gasteiger partial charge is 0.324 e. The number of imide groups is 1. The van der Waals surface area contributed by atoms with Gasteiger partial charge in [0.1, 0.15) is 11.3 Å². The van der Waals surface area contributed by atoms with Gasteiger partial charge in [-0.2, -0.15) is 0 Å². The largest absolute Gasteiger partial charge is 0.504 e. The molecule has 1 atom stereocenters. The molecule has 0 bridgehead atoms. The third-order valence-corrected chi connectivity index (χ3v) is 6.95. The Morgan fingerprint density at radius 3 is 2.53 bits per heavy atom. The number of benzene rings is 2. The molecule has 2 fully saturated rings. The van der Waals surface area contributed by atoms with E-state index < -0.39 is 5.54 Å². The summed E-state index contributed by atoms with van der Waals surface area (Å²) in [5.41, 5.74) is 1.07. The zero-order valence-electron chi connectivity index (χ0n) is 20.0. The summed E-state index contributed by atoms with van der Waals surface area (Å²) in [6.07, 6.45) is 2.01. The van der Waals surface area contributed by atoms with E-state index in [0.717, 1.165) is 49.4 Å². The summed E-state index contributed by atoms with van der Waals surface area (Å²) in [5, 5.41) is 13.0. The minimum Gasteiger partial charge on any atom is -0.504 e. The number of methoxy groups -OCH3 is 1. The number of likely N-dealkylation sites (tertiary alicyclic amines) is 1. The molecule has 8 heteroatoms. The molecule has 0 unspecified atom stereocenters. The fourth-order valence-electron chi connectivity index (χ4n) is 5.13. The van der Waals surface area contributed by atoms with Crippen LogP contribution in [-0.4, -0.2) is 66.2 Å². The van der Waals surface area contributed by atoms with Crippen molar-refractivity contribution in [3.63, 3.8) is 0 Å². The minimum atomic E-state index is -0.953. The number of urea groups is 1. The molecule has 2 saturated heterocycles. The van der Waals surface area contributed by atoms with Crippen LogP contribution in [0.15, 0.2) is 42.5 Å². The first-order chi connectivity index (χ1) is 16.4. The van der Waals surface area contributed by atoms with Crippen LogP contribution in [0.3, 0.4) is 0 Å². The lowest BCUT2D eigenvalue weighted by Gasteiger charge is -2.41. The summed E-state index contributed by atoms with van der Waals surface area (Å²) >= 11 is 0. The summed E-state index contributed by atoms with van der Waals surface area (Å²) in [4.78, 5) is 29.4. The Balaban J connectivity index is 1.49. The third kappa shape index (κ3) is 4.68. The van der Waals surface area contributed by atoms with Gasteiger partial charge in [0.15, 0.2) is 11.5 Å². The van der Waals surface area contributed by atoms with E-state index in [1.165, 1.54) is 4.90 Å². The van der Waals surface area contributed by atoms with Gasteiger partial charge in [-0.05, 0) is 74.2 Å². The number of carbonyl (C=O) groups excluding carboxylic acids is 2. The molecule has 2 aliphatic heterocycles. The lowest BCUT2D eigenvalue weighted by atomic mass is 9.74. The Labute approximate surface area is 200 Å². The van der Waals surface area contributed by atoms with Crippen LogP contribution in [0.2, 0.25) is 0 Å². The number of carbonyl (C=O) groups is 2. The zero-order valence-corrected chi connectivity index (χ0v) is 20.0. The van der Waals surface area contributed by atoms with Crippen molar-refractivity contribution in [1.29, 1.82) is 0 Å². The summed E-state index contributed by atoms with van der Waals surface area (Å²) in [6.45, 7) is 4.73. The minimum absolute atomic E-state index is 0.0233. The third-order valence-electron chi connectivity index (χ3n) is 6.95. The van der Waals surface area contributed by atoms with E-state index in [9.17, 15) is 14.7 Å². The number of phenols is 1. The summed E-state index contributed by atoms with van der Waals surface area (Å²) in [5.74, 6) is 1.22. The number of amides is 3. The SMILES string of the molecule is CCOc1cc(CN2CCC([C@@]3(Cc4cccc(OC)c4)NC(=O)N(C)C3=O)CC2)ccc1O. The topological polar surface area (TPSA) is 91.3 Å². The number of nitrogens with one attached hydrogen (secondary N) is 1. The molecule has 0 radical (unpaired) electrons. The Bertz CT molecular complexity index is 1050. The first-order valence-electron chi connectivity index (χ1n) is 11.8. The lowest BCUT2D eigenvalue weighted by Crippen LogP contribution is -2.57. The molecule has 4 rings (SSSR count). The van der Waals surface area contributed by atoms with Crippen LogP contribution < -0.4 is 14.8 Å². The number of ether oxygens (including phenoxy) is 2. The van der Waals surface area contributed by atoms with Crippen molar-refractivity contribution in [2.45, 2.75) is 38.3 Å². The van der Waals surface area contributed by atoms with E-state index in [1.807, 2.05) is 43.3 Å². The van der Waals surface area contributed by atoms with Gasteiger partial charge in [0.05, 0.1) is 13.7 Å². The van der Waals surface area contributed by atoms with Crippen LogP contribution in [0.5, 0.6) is 17.2 Å². The lowest BCUT2D eigenvalue weighted by molar-refractivity contribution is -0.133. The number of hydrogen-bond donors (Lipinski definition) is 2. The molecule has 3 amide bonds. The maximum Gasteiger partial charge on any atom is 0.324 e. The van der Waals surface area contributed by atoms with Gasteiger partial charge >= 0.3 is 6.03 Å². The van der Waals surface area contributed by atoms with Crippen LogP contribution in [0.25, 0.3) is 0 Å². The molecule has 2 N–H and O–H groups in total. The van der Waals surface area contributed by atoms with Crippen molar-refractivity contribution >= 4 is 11.9 Å². The monoisotopic (exact) mass is 467 g/mol. The molecular weight excluding hydrogens is 434 g/mol. The molecule has 0 aromatic heterocycles. The Morgan fingerprint density at radius 2 is 1.88 bits per heavy atom. The van der Waals surface area contributed by atoms with Gasteiger partial charge in [0.25, 0.3) is 5.91 Å². The highest BCUT2D eigenvalue weighted by Crippen LogP contribution is 2.37. The summed E-state index contributed by atoms with van der Waals surface area (Å²) in [6, 6.07) is 12.8. The summed E-state index contributed by atoms with van der Waals surface area (Å²) < 4.78 is 10.9. The van der Waals surface area contributed by atoms with Gasteiger partial charge in [0, 0.05) is 20.0 Å². The quantitative estimate of drug-likeness (QED) is 0.580. The van der Waals surface area contributed by atoms with Crippen molar-refractivity contribution in [2.75, 3.05) is 33.9 Å². The fraction of sp³-hybridized carbons (Fsp3) is 0.462. The zero-order chi connectivity index (χ0) is 24.3. The van der Waals surface area contributed by atoms with Crippen LogP contribution in [0, 0.1) is 5.92 Å². The van der Waals surface area contributed by atoms with Crippen LogP contribution in [0.1, 0.15) is 30.9 Å². The second kappa shape index (κ2) is 9.93. The maximum atomic E-state index is 13.4. The van der Waals surface area contributed by atoms with Gasteiger partial charge in [-0.25, -0.2) is 4.79 Å². The maximum absolute atomic E-state index is 13.4. The van der Waals surface area contributed by atoms with Crippen LogP contribution >= 0.6 is 0 Å². The first kappa shape index (κ1) is 23.9. The fourth-order valence-corrected chi connectivity index (χ4v) is 5.13. The Morgan fingerprint density at radius 1 is 1.12 bits per heavy atom. The van der Waals surface area contributed by atoms with E-state index in [2.05, 4.69) is 10.2 Å². The molecule has 0 aliphatic carbocycles. The first-order valence-corrected chi connectivity index (χ1v) is 11.8. The highest BCUT2D eigenvalue weighted by atomic mass is 16.5. The van der Waals surface area contributed by atoms with E-state index in [0.29, 0.717) is 18.8 Å². The second-order valence-electron chi connectivity index (χ2n) is 9.08. The standard InChI is InChI=1S/C26H33N3O5/c1-4-34-23-15-19(8-9-22(23)30)17-29-12-10-20(11-13-29)26(24(31)28(2)25(32)27-26)16-18-6-5-7-21(14-18)33-3/h5-9,14-15,20,30H,4,10-13,16-17H2,1-3H3,(H,27,32)/t26-/m1/s1. The predicted octanol–water partition coefficient (Wildman–Crippen LogP) is 3.17. The van der Waals surface area contributed by atoms with Crippen molar-refractivity contribution < 1.29 is 24.2 Å². The second-order valence-corrected chi connectivity index (χ2v) is 9.08. The molecule has 0 saturated carbocycles. The van der Waals surface area contributed by atoms with Crippen molar-refractivity contribution in [3.8, 4) is 17.2 Å². The van der Waals surface area contributed by atoms with E-state index in [4.69, 9.17) is 9.47 Å². The average Bonchev–Trinajstić information content (AvgIpc) is 3.06. The number of phenolic OH excluding ortho intramolecular Hbond substituents is 1. The van der Waals surface area contributed by atoms with E-state index in [1.54, 1.807) is 20.2 Å². The molecule has 0 spiro atoms. The van der Waals surface area contributed by atoms with Gasteiger partial charge in [0.2, 0.25) is 0 Å². The highest BCUT2D eigenvalue weighted by Gasteiger charge is 2.54. The van der Waals surface area contributed by atoms with Crippen LogP contribution in [-0.2, 0) is 17.8 Å². The number of rotatable bonds is 8. The predicted molar refractivity (Wildman–Crippen MR) is 128 cm³/mol. The van der Waals surface area contributed by atoms with Crippen LogP contribution in [0.4, 0.5) is 4.79 Å². The Kier molecular flexibility index (Phi) is 6.97. The number of piperidine rings is 1. The van der Waals surface area contributed by atoms with Crippen molar-refractivity contribution in [2.24, 2.45) is 5.92 Å². The molecule has 8 nitrogen and oxygen atoms in total. The summed E-state index contributed by atoms with van der Waals surface area (Å²) in [7, 11) is 3.16. The molecule has 2 heterocycles. The molecule has 2 aliphatic rings. The van der Waals surface area contributed by atoms with Gasteiger partial charge in [-0.1, -0.05) is 18.2 Å². The van der Waals surface area contributed by atoms with E-state index in [-0.39, 0.29) is 23.6 Å². The molecule has 2 aromatic carbocycles. The molecule has 182 valence electrons. The number of likely N-dealkylation sites (N-methyl/N-ethyl adjacent to an activating group) is 1. The number of nitrogens with zero attached hydrogens (tertiary/aromatic N) is 2. The normalized spacial score (nSPS) is 21.6. The highest BCUT2D eigenvalue weighted by molar-refractivity contribution is 6.07. The van der Waals surface area contributed by atoms with E-state index >= 15 is 0 Å². The molecule has 34 heavy (non-hydrogen) atoms. The van der Waals surface area contributed by atoms with Crippen molar-refractivity contribution in [1.82, 2.24) is 15.1 Å². The molecular formula is C26H33N3O5. The number of aromatic hydroxyl groups is 1.